The first kappa shape index (κ1) is 13.9. The second-order valence-corrected chi connectivity index (χ2v) is 1.75. The molecule has 7 N–H and O–H groups in total. The van der Waals surface area contributed by atoms with Crippen molar-refractivity contribution in [2.24, 2.45) is 11.5 Å². The van der Waals surface area contributed by atoms with Gasteiger partial charge >= 0.3 is 17.9 Å². The van der Waals surface area contributed by atoms with E-state index in [1.54, 1.807) is 0 Å². The molecule has 0 aliphatic carbocycles. The zero-order valence-corrected chi connectivity index (χ0v) is 6.51. The first-order chi connectivity index (χ1) is 5.82. The molecule has 0 aromatic carbocycles. The summed E-state index contributed by atoms with van der Waals surface area (Å²) < 4.78 is 0. The van der Waals surface area contributed by atoms with Gasteiger partial charge < -0.3 is 26.8 Å². The highest BCUT2D eigenvalue weighted by Crippen LogP contribution is 1.74. The molecule has 0 heterocycles. The molecule has 0 unspecified atom stereocenters. The van der Waals surface area contributed by atoms with Crippen molar-refractivity contribution in [3.63, 3.8) is 0 Å². The Morgan fingerprint density at radius 1 is 1.08 bits per heavy atom. The van der Waals surface area contributed by atoms with Gasteiger partial charge in [-0.25, -0.2) is 9.59 Å². The summed E-state index contributed by atoms with van der Waals surface area (Å²) in [7, 11) is 0. The van der Waals surface area contributed by atoms with Crippen molar-refractivity contribution < 1.29 is 29.7 Å². The lowest BCUT2D eigenvalue weighted by molar-refractivity contribution is -0.149. The van der Waals surface area contributed by atoms with Crippen LogP contribution in [0.1, 0.15) is 0 Å². The summed E-state index contributed by atoms with van der Waals surface area (Å²) in [6.45, 7) is -0.278. The van der Waals surface area contributed by atoms with Gasteiger partial charge in [0.1, 0.15) is 0 Å². The van der Waals surface area contributed by atoms with Crippen LogP contribution in [0.15, 0.2) is 0 Å². The van der Waals surface area contributed by atoms with E-state index in [4.69, 9.17) is 15.3 Å². The van der Waals surface area contributed by atoms with Gasteiger partial charge in [-0.05, 0) is 0 Å². The van der Waals surface area contributed by atoms with Crippen molar-refractivity contribution in [2.75, 3.05) is 6.54 Å². The van der Waals surface area contributed by atoms with Crippen LogP contribution >= 0.6 is 0 Å². The normalized spacial score (nSPS) is 8.54. The van der Waals surface area contributed by atoms with Crippen LogP contribution in [0.2, 0.25) is 0 Å². The number of hydrogen-bond acceptors (Lipinski definition) is 5. The van der Waals surface area contributed by atoms with Gasteiger partial charge in [-0.15, -0.1) is 0 Å². The zero-order valence-electron chi connectivity index (χ0n) is 6.51. The monoisotopic (exact) mass is 194 g/mol. The average molecular weight is 194 g/mol. The van der Waals surface area contributed by atoms with Gasteiger partial charge in [0.2, 0.25) is 6.04 Å². The van der Waals surface area contributed by atoms with E-state index in [0.29, 0.717) is 0 Å². The van der Waals surface area contributed by atoms with Crippen molar-refractivity contribution in [2.45, 2.75) is 6.04 Å². The second-order valence-electron chi connectivity index (χ2n) is 1.75. The quantitative estimate of drug-likeness (QED) is 0.308. The van der Waals surface area contributed by atoms with Gasteiger partial charge in [-0.1, -0.05) is 0 Å². The number of carboxylic acids is 3. The lowest BCUT2D eigenvalue weighted by atomic mass is 10.3. The summed E-state index contributed by atoms with van der Waals surface area (Å²) in [6.07, 6.45) is 0. The van der Waals surface area contributed by atoms with E-state index in [2.05, 4.69) is 11.5 Å². The zero-order chi connectivity index (χ0) is 11.0. The fraction of sp³-hybridized carbons (Fsp3) is 0.400. The van der Waals surface area contributed by atoms with Gasteiger partial charge in [0.25, 0.3) is 0 Å². The third-order valence-electron chi connectivity index (χ3n) is 0.707. The molecule has 13 heavy (non-hydrogen) atoms. The maximum absolute atomic E-state index is 9.63. The van der Waals surface area contributed by atoms with Gasteiger partial charge in [0.05, 0.1) is 6.54 Å². The molecule has 0 fully saturated rings. The van der Waals surface area contributed by atoms with Crippen LogP contribution in [0.3, 0.4) is 0 Å². The molecule has 0 spiro atoms. The molecule has 0 aromatic heterocycles. The summed E-state index contributed by atoms with van der Waals surface area (Å²) in [5.74, 6) is -4.03. The minimum atomic E-state index is -1.80. The van der Waals surface area contributed by atoms with E-state index in [-0.39, 0.29) is 6.54 Å². The van der Waals surface area contributed by atoms with E-state index in [1.165, 1.54) is 0 Å². The molecule has 0 bridgehead atoms. The second kappa shape index (κ2) is 7.00. The van der Waals surface area contributed by atoms with Crippen molar-refractivity contribution in [1.82, 2.24) is 0 Å². The predicted octanol–water partition coefficient (Wildman–Crippen LogP) is -2.49. The van der Waals surface area contributed by atoms with Crippen molar-refractivity contribution in [3.05, 3.63) is 0 Å². The third-order valence-corrected chi connectivity index (χ3v) is 0.707. The SMILES string of the molecule is NC(C(=O)O)C(=O)O.NCC(=O)O. The van der Waals surface area contributed by atoms with Crippen molar-refractivity contribution >= 4 is 17.9 Å². The predicted molar refractivity (Wildman–Crippen MR) is 39.9 cm³/mol. The summed E-state index contributed by atoms with van der Waals surface area (Å²) in [5.41, 5.74) is 9.13. The molecule has 0 rings (SSSR count). The molecule has 8 heteroatoms. The Hall–Kier alpha value is -1.67. The fourth-order valence-corrected chi connectivity index (χ4v) is 0.106. The Labute approximate surface area is 72.8 Å². The average Bonchev–Trinajstić information content (AvgIpc) is 2.03. The van der Waals surface area contributed by atoms with E-state index in [1.807, 2.05) is 0 Å². The van der Waals surface area contributed by atoms with Crippen molar-refractivity contribution in [3.8, 4) is 0 Å². The number of aliphatic carboxylic acids is 3. The number of nitrogens with two attached hydrogens (primary N) is 2. The van der Waals surface area contributed by atoms with Gasteiger partial charge in [-0.3, -0.25) is 4.79 Å². The van der Waals surface area contributed by atoms with Crippen LogP contribution in [0.4, 0.5) is 0 Å². The van der Waals surface area contributed by atoms with E-state index < -0.39 is 23.9 Å². The molecule has 0 atom stereocenters. The van der Waals surface area contributed by atoms with Gasteiger partial charge in [0.15, 0.2) is 0 Å². The van der Waals surface area contributed by atoms with Crippen LogP contribution in [0.5, 0.6) is 0 Å². The van der Waals surface area contributed by atoms with Crippen LogP contribution in [0, 0.1) is 0 Å². The fourth-order valence-electron chi connectivity index (χ4n) is 0.106. The molecule has 0 aliphatic rings. The molecular formula is C5H10N2O6. The molecule has 0 aromatic rings. The minimum Gasteiger partial charge on any atom is -0.480 e. The Morgan fingerprint density at radius 3 is 1.31 bits per heavy atom. The van der Waals surface area contributed by atoms with Crippen LogP contribution < -0.4 is 11.5 Å². The number of rotatable bonds is 3. The number of hydrogen-bond donors (Lipinski definition) is 5. The minimum absolute atomic E-state index is 0.278. The molecule has 0 saturated carbocycles. The van der Waals surface area contributed by atoms with E-state index in [9.17, 15) is 14.4 Å². The molecule has 0 saturated heterocycles. The Morgan fingerprint density at radius 2 is 1.31 bits per heavy atom. The maximum atomic E-state index is 9.63. The largest absolute Gasteiger partial charge is 0.480 e. The third kappa shape index (κ3) is 10.3. The Bertz CT molecular complexity index is 189. The highest BCUT2D eigenvalue weighted by atomic mass is 16.4. The standard InChI is InChI=1S/C3H5NO4.C2H5NO2/c4-1(2(5)6)3(7)8;3-1-2(4)5/h1H,4H2,(H,5,6)(H,7,8);1,3H2,(H,4,5). The number of carboxylic acid groups (broad SMARTS) is 3. The maximum Gasteiger partial charge on any atom is 0.332 e. The molecule has 0 radical (unpaired) electrons. The van der Waals surface area contributed by atoms with Crippen LogP contribution in [-0.4, -0.2) is 45.8 Å². The highest BCUT2D eigenvalue weighted by molar-refractivity contribution is 5.96. The molecule has 0 amide bonds. The van der Waals surface area contributed by atoms with Crippen molar-refractivity contribution in [1.29, 1.82) is 0 Å². The first-order valence-electron chi connectivity index (χ1n) is 2.96. The Balaban J connectivity index is 0. The summed E-state index contributed by atoms with van der Waals surface area (Å²) >= 11 is 0. The Kier molecular flexibility index (Phi) is 7.48. The molecule has 76 valence electrons. The van der Waals surface area contributed by atoms with E-state index >= 15 is 0 Å². The van der Waals surface area contributed by atoms with E-state index in [0.717, 1.165) is 0 Å². The summed E-state index contributed by atoms with van der Waals surface area (Å²) in [5, 5.41) is 23.3. The summed E-state index contributed by atoms with van der Waals surface area (Å²) in [6, 6.07) is -1.80. The van der Waals surface area contributed by atoms with Gasteiger partial charge in [-0.2, -0.15) is 0 Å². The highest BCUT2D eigenvalue weighted by Gasteiger charge is 2.18. The number of carbonyl (C=O) groups is 3. The molecular weight excluding hydrogens is 184 g/mol. The molecule has 0 aliphatic heterocycles. The lowest BCUT2D eigenvalue weighted by Crippen LogP contribution is -2.38. The smallest absolute Gasteiger partial charge is 0.332 e. The lowest BCUT2D eigenvalue weighted by Gasteiger charge is -1.95. The molecule has 8 nitrogen and oxygen atoms in total. The van der Waals surface area contributed by atoms with Gasteiger partial charge in [0, 0.05) is 0 Å². The summed E-state index contributed by atoms with van der Waals surface area (Å²) in [4.78, 5) is 28.5. The van der Waals surface area contributed by atoms with Crippen LogP contribution in [0.25, 0.3) is 0 Å². The topological polar surface area (TPSA) is 164 Å². The van der Waals surface area contributed by atoms with Crippen LogP contribution in [-0.2, 0) is 14.4 Å². The first-order valence-corrected chi connectivity index (χ1v) is 2.96.